The SMILES string of the molecule is Cn1ccnc1-c1cc2nccc(Oc3ccc(Cl)nc3)c2s1. The van der Waals surface area contributed by atoms with Gasteiger partial charge in [0.05, 0.1) is 21.3 Å². The lowest BCUT2D eigenvalue weighted by Crippen LogP contribution is -1.87. The van der Waals surface area contributed by atoms with Crippen LogP contribution in [0.4, 0.5) is 0 Å². The van der Waals surface area contributed by atoms with E-state index in [2.05, 4.69) is 15.0 Å². The average Bonchev–Trinajstić information content (AvgIpc) is 3.15. The molecule has 23 heavy (non-hydrogen) atoms. The molecule has 0 fully saturated rings. The number of ether oxygens (including phenoxy) is 1. The molecule has 4 aromatic heterocycles. The molecule has 0 unspecified atom stereocenters. The van der Waals surface area contributed by atoms with Crippen LogP contribution in [0.1, 0.15) is 0 Å². The Morgan fingerprint density at radius 2 is 2.04 bits per heavy atom. The summed E-state index contributed by atoms with van der Waals surface area (Å²) in [4.78, 5) is 13.9. The third-order valence-corrected chi connectivity index (χ3v) is 4.70. The van der Waals surface area contributed by atoms with Crippen molar-refractivity contribution in [2.24, 2.45) is 7.05 Å². The van der Waals surface area contributed by atoms with Crippen LogP contribution in [-0.4, -0.2) is 19.5 Å². The number of hydrogen-bond donors (Lipinski definition) is 0. The number of fused-ring (bicyclic) bond motifs is 1. The largest absolute Gasteiger partial charge is 0.454 e. The molecule has 114 valence electrons. The predicted molar refractivity (Wildman–Crippen MR) is 91.1 cm³/mol. The quantitative estimate of drug-likeness (QED) is 0.513. The van der Waals surface area contributed by atoms with Gasteiger partial charge in [-0.3, -0.25) is 4.98 Å². The van der Waals surface area contributed by atoms with Crippen molar-refractivity contribution in [3.05, 3.63) is 54.2 Å². The van der Waals surface area contributed by atoms with Gasteiger partial charge < -0.3 is 9.30 Å². The fraction of sp³-hybridized carbons (Fsp3) is 0.0625. The molecule has 0 saturated heterocycles. The van der Waals surface area contributed by atoms with E-state index in [1.54, 1.807) is 42.1 Å². The molecule has 0 N–H and O–H groups in total. The molecule has 0 aliphatic carbocycles. The molecule has 4 rings (SSSR count). The number of imidazole rings is 1. The van der Waals surface area contributed by atoms with Crippen LogP contribution in [-0.2, 0) is 7.05 Å². The molecule has 0 aromatic carbocycles. The van der Waals surface area contributed by atoms with Gasteiger partial charge in [0.15, 0.2) is 0 Å². The van der Waals surface area contributed by atoms with Crippen LogP contribution in [0.15, 0.2) is 49.1 Å². The van der Waals surface area contributed by atoms with E-state index in [9.17, 15) is 0 Å². The van der Waals surface area contributed by atoms with Crippen LogP contribution in [0, 0.1) is 0 Å². The standard InChI is InChI=1S/C16H11ClN4OS/c1-21-7-6-19-16(21)13-8-11-15(23-13)12(4-5-18-11)22-10-2-3-14(17)20-9-10/h2-9H,1H3. The Labute approximate surface area is 141 Å². The molecule has 5 nitrogen and oxygen atoms in total. The van der Waals surface area contributed by atoms with Crippen molar-refractivity contribution in [1.29, 1.82) is 0 Å². The first-order valence-electron chi connectivity index (χ1n) is 6.86. The number of pyridine rings is 2. The fourth-order valence-electron chi connectivity index (χ4n) is 2.26. The van der Waals surface area contributed by atoms with Gasteiger partial charge in [-0.2, -0.15) is 0 Å². The van der Waals surface area contributed by atoms with Crippen molar-refractivity contribution < 1.29 is 4.74 Å². The van der Waals surface area contributed by atoms with Crippen molar-refractivity contribution in [2.75, 3.05) is 0 Å². The Bertz CT molecular complexity index is 977. The Morgan fingerprint density at radius 3 is 2.78 bits per heavy atom. The number of aryl methyl sites for hydroxylation is 1. The number of hydrogen-bond acceptors (Lipinski definition) is 5. The van der Waals surface area contributed by atoms with Gasteiger partial charge in [-0.15, -0.1) is 11.3 Å². The van der Waals surface area contributed by atoms with E-state index in [-0.39, 0.29) is 0 Å². The Kier molecular flexibility index (Phi) is 3.48. The average molecular weight is 343 g/mol. The van der Waals surface area contributed by atoms with Crippen molar-refractivity contribution in [3.8, 4) is 22.2 Å². The topological polar surface area (TPSA) is 52.8 Å². The van der Waals surface area contributed by atoms with E-state index >= 15 is 0 Å². The van der Waals surface area contributed by atoms with Crippen molar-refractivity contribution in [1.82, 2.24) is 19.5 Å². The zero-order valence-electron chi connectivity index (χ0n) is 12.1. The van der Waals surface area contributed by atoms with Gasteiger partial charge in [-0.25, -0.2) is 9.97 Å². The lowest BCUT2D eigenvalue weighted by molar-refractivity contribution is 0.486. The van der Waals surface area contributed by atoms with Crippen LogP contribution >= 0.6 is 22.9 Å². The molecule has 0 radical (unpaired) electrons. The first-order chi connectivity index (χ1) is 11.2. The monoisotopic (exact) mass is 342 g/mol. The van der Waals surface area contributed by atoms with Crippen LogP contribution in [0.3, 0.4) is 0 Å². The summed E-state index contributed by atoms with van der Waals surface area (Å²) in [5.41, 5.74) is 0.882. The summed E-state index contributed by atoms with van der Waals surface area (Å²) in [6.45, 7) is 0. The maximum absolute atomic E-state index is 5.93. The summed E-state index contributed by atoms with van der Waals surface area (Å²) in [7, 11) is 1.97. The Morgan fingerprint density at radius 1 is 1.13 bits per heavy atom. The molecule has 0 bridgehead atoms. The minimum absolute atomic E-state index is 0.436. The number of halogens is 1. The van der Waals surface area contributed by atoms with Crippen LogP contribution < -0.4 is 4.74 Å². The third kappa shape index (κ3) is 2.67. The summed E-state index contributed by atoms with van der Waals surface area (Å²) >= 11 is 7.40. The zero-order chi connectivity index (χ0) is 15.8. The molecule has 0 aliphatic rings. The second kappa shape index (κ2) is 5.64. The second-order valence-corrected chi connectivity index (χ2v) is 6.35. The molecule has 7 heteroatoms. The van der Waals surface area contributed by atoms with E-state index in [0.717, 1.165) is 26.7 Å². The summed E-state index contributed by atoms with van der Waals surface area (Å²) < 4.78 is 8.88. The smallest absolute Gasteiger partial charge is 0.149 e. The molecule has 0 atom stereocenters. The minimum Gasteiger partial charge on any atom is -0.454 e. The Balaban J connectivity index is 1.77. The van der Waals surface area contributed by atoms with Gasteiger partial charge in [0.25, 0.3) is 0 Å². The molecule has 0 spiro atoms. The number of thiophene rings is 1. The highest BCUT2D eigenvalue weighted by Gasteiger charge is 2.13. The summed E-state index contributed by atoms with van der Waals surface area (Å²) in [5, 5.41) is 0.436. The zero-order valence-corrected chi connectivity index (χ0v) is 13.7. The maximum atomic E-state index is 5.93. The summed E-state index contributed by atoms with van der Waals surface area (Å²) in [5.74, 6) is 2.28. The molecule has 0 amide bonds. The second-order valence-electron chi connectivity index (χ2n) is 4.91. The highest BCUT2D eigenvalue weighted by atomic mass is 35.5. The molecule has 4 aromatic rings. The minimum atomic E-state index is 0.436. The maximum Gasteiger partial charge on any atom is 0.149 e. The van der Waals surface area contributed by atoms with E-state index in [4.69, 9.17) is 16.3 Å². The van der Waals surface area contributed by atoms with Crippen molar-refractivity contribution in [3.63, 3.8) is 0 Å². The lowest BCUT2D eigenvalue weighted by Gasteiger charge is -2.05. The fourth-order valence-corrected chi connectivity index (χ4v) is 3.47. The number of rotatable bonds is 3. The van der Waals surface area contributed by atoms with E-state index in [0.29, 0.717) is 10.9 Å². The third-order valence-electron chi connectivity index (χ3n) is 3.35. The summed E-state index contributed by atoms with van der Waals surface area (Å²) in [6, 6.07) is 7.35. The lowest BCUT2D eigenvalue weighted by atomic mass is 10.3. The van der Waals surface area contributed by atoms with Gasteiger partial charge in [-0.05, 0) is 18.2 Å². The Hall–Kier alpha value is -2.44. The summed E-state index contributed by atoms with van der Waals surface area (Å²) in [6.07, 6.45) is 7.03. The first-order valence-corrected chi connectivity index (χ1v) is 8.06. The van der Waals surface area contributed by atoms with Gasteiger partial charge in [0.2, 0.25) is 0 Å². The molecule has 4 heterocycles. The number of nitrogens with zero attached hydrogens (tertiary/aromatic N) is 4. The normalized spacial score (nSPS) is 11.0. The van der Waals surface area contributed by atoms with Crippen molar-refractivity contribution >= 4 is 33.2 Å². The van der Waals surface area contributed by atoms with Crippen molar-refractivity contribution in [2.45, 2.75) is 0 Å². The van der Waals surface area contributed by atoms with Gasteiger partial charge in [-0.1, -0.05) is 11.6 Å². The van der Waals surface area contributed by atoms with E-state index in [1.165, 1.54) is 0 Å². The van der Waals surface area contributed by atoms with E-state index < -0.39 is 0 Å². The molecular formula is C16H11ClN4OS. The van der Waals surface area contributed by atoms with Gasteiger partial charge in [0, 0.05) is 31.7 Å². The first kappa shape index (κ1) is 14.2. The molecule has 0 aliphatic heterocycles. The molecular weight excluding hydrogens is 332 g/mol. The van der Waals surface area contributed by atoms with Gasteiger partial charge >= 0.3 is 0 Å². The van der Waals surface area contributed by atoms with Crippen LogP contribution in [0.5, 0.6) is 11.5 Å². The van der Waals surface area contributed by atoms with Crippen LogP contribution in [0.25, 0.3) is 20.9 Å². The predicted octanol–water partition coefficient (Wildman–Crippen LogP) is 4.54. The van der Waals surface area contributed by atoms with E-state index in [1.807, 2.05) is 29.9 Å². The molecule has 0 saturated carbocycles. The van der Waals surface area contributed by atoms with Crippen LogP contribution in [0.2, 0.25) is 5.15 Å². The van der Waals surface area contributed by atoms with Gasteiger partial charge in [0.1, 0.15) is 22.5 Å². The highest BCUT2D eigenvalue weighted by Crippen LogP contribution is 2.38. The highest BCUT2D eigenvalue weighted by molar-refractivity contribution is 7.22. The number of aromatic nitrogens is 4.